The van der Waals surface area contributed by atoms with Crippen LogP contribution in [0.2, 0.25) is 0 Å². The summed E-state index contributed by atoms with van der Waals surface area (Å²) >= 11 is 0. The second kappa shape index (κ2) is 21.4. The van der Waals surface area contributed by atoms with Gasteiger partial charge in [-0.05, 0) is 159 Å². The molecular formula is C60H72N8O8S. The molecule has 17 heteroatoms. The fraction of sp³-hybridized carbons (Fsp3) is 0.467. The first-order chi connectivity index (χ1) is 37.0. The number of anilines is 2. The summed E-state index contributed by atoms with van der Waals surface area (Å²) in [6.45, 7) is 12.3. The number of ether oxygens (including phenoxy) is 2. The number of piperidine rings is 1. The Morgan fingerprint density at radius 2 is 1.69 bits per heavy atom. The molecule has 5 fully saturated rings. The van der Waals surface area contributed by atoms with Crippen LogP contribution in [0.5, 0.6) is 17.2 Å². The smallest absolute Gasteiger partial charge is 0.293 e. The number of aromatic amines is 1. The van der Waals surface area contributed by atoms with Gasteiger partial charge in [-0.25, -0.2) is 18.1 Å². The van der Waals surface area contributed by atoms with Gasteiger partial charge in [-0.3, -0.25) is 24.7 Å². The van der Waals surface area contributed by atoms with Crippen LogP contribution in [0.3, 0.4) is 0 Å². The minimum Gasteiger partial charge on any atom is -0.496 e. The number of carbonyl (C=O) groups excluding carboxylic acids is 1. The highest BCUT2D eigenvalue weighted by Crippen LogP contribution is 2.54. The highest BCUT2D eigenvalue weighted by molar-refractivity contribution is 7.90. The van der Waals surface area contributed by atoms with E-state index in [-0.39, 0.29) is 34.4 Å². The quantitative estimate of drug-likeness (QED) is 0.0498. The van der Waals surface area contributed by atoms with E-state index in [9.17, 15) is 28.4 Å². The molecule has 1 spiro atoms. The summed E-state index contributed by atoms with van der Waals surface area (Å²) < 4.78 is 42.2. The number of pyridine rings is 1. The third-order valence-electron chi connectivity index (χ3n) is 17.5. The van der Waals surface area contributed by atoms with E-state index in [4.69, 9.17) is 9.47 Å². The molecular weight excluding hydrogens is 993 g/mol. The van der Waals surface area contributed by atoms with Crippen molar-refractivity contribution in [3.8, 4) is 17.2 Å². The molecule has 77 heavy (non-hydrogen) atoms. The van der Waals surface area contributed by atoms with E-state index in [0.717, 1.165) is 101 Å². The molecule has 0 unspecified atom stereocenters. The van der Waals surface area contributed by atoms with E-state index < -0.39 is 37.0 Å². The average Bonchev–Trinajstić information content (AvgIpc) is 4.15. The number of benzene rings is 4. The standard InChI is InChI=1S/C60H72N8O8S/c1-39(2)48-7-5-6-8-50(48)54-38-65(37-41-9-14-49(42-10-11-42)55(29-41)75-4)27-28-67(54)45-33-60(34-45)22-25-66(26-23-60)44-12-15-51(56(31-44)76-46-30-43-19-24-61-57(43)63-36-46)58(69)64-77(73,74)47-13-16-52(53(32-47)68(71)72)62-35-40-17-20-59(3,70)21-18-40/h5-9,12-16,19,24,29-32,36,39-40,42,45,54,62,70H,10-11,17-18,20-23,25-28,33-35,37-38H2,1-4H3,(H,61,63)(H,64,69)/t40?,54-,59?/m0/s1. The van der Waals surface area contributed by atoms with Crippen molar-refractivity contribution in [2.24, 2.45) is 11.3 Å². The van der Waals surface area contributed by atoms with Gasteiger partial charge in [0.05, 0.1) is 34.3 Å². The van der Waals surface area contributed by atoms with Gasteiger partial charge in [0.2, 0.25) is 0 Å². The van der Waals surface area contributed by atoms with Crippen molar-refractivity contribution in [2.75, 3.05) is 56.6 Å². The van der Waals surface area contributed by atoms with E-state index in [1.807, 2.05) is 19.1 Å². The first kappa shape index (κ1) is 52.5. The number of carbonyl (C=O) groups is 1. The molecule has 2 aliphatic heterocycles. The van der Waals surface area contributed by atoms with Gasteiger partial charge in [0.25, 0.3) is 21.6 Å². The molecule has 4 aromatic carbocycles. The van der Waals surface area contributed by atoms with Gasteiger partial charge < -0.3 is 29.8 Å². The number of nitrogens with one attached hydrogen (secondary N) is 3. The fourth-order valence-corrected chi connectivity index (χ4v) is 13.8. The summed E-state index contributed by atoms with van der Waals surface area (Å²) in [6, 6.07) is 29.1. The minimum atomic E-state index is -4.59. The van der Waals surface area contributed by atoms with E-state index in [2.05, 4.69) is 91.0 Å². The lowest BCUT2D eigenvalue weighted by Gasteiger charge is -2.58. The van der Waals surface area contributed by atoms with Crippen LogP contribution in [0.1, 0.15) is 135 Å². The number of methoxy groups -OCH3 is 1. The average molecular weight is 1070 g/mol. The molecule has 406 valence electrons. The molecule has 11 rings (SSSR count). The van der Waals surface area contributed by atoms with Crippen LogP contribution in [0.4, 0.5) is 17.1 Å². The number of nitrogens with zero attached hydrogens (tertiary/aromatic N) is 5. The fourth-order valence-electron chi connectivity index (χ4n) is 12.8. The summed E-state index contributed by atoms with van der Waals surface area (Å²) in [6.07, 6.45) is 12.9. The molecule has 4 heterocycles. The number of hydrogen-bond donors (Lipinski definition) is 4. The number of amides is 1. The molecule has 0 bridgehead atoms. The number of rotatable bonds is 17. The number of sulfonamides is 1. The van der Waals surface area contributed by atoms with Crippen molar-refractivity contribution < 1.29 is 32.7 Å². The maximum Gasteiger partial charge on any atom is 0.293 e. The van der Waals surface area contributed by atoms with Gasteiger partial charge in [0.1, 0.15) is 28.6 Å². The molecule has 3 saturated carbocycles. The largest absolute Gasteiger partial charge is 0.496 e. The lowest BCUT2D eigenvalue weighted by Crippen LogP contribution is -2.60. The SMILES string of the molecule is COc1cc(CN2CCN(C3CC4(CCN(c5ccc(C(=O)NS(=O)(=O)c6ccc(NCC7CCC(C)(O)CC7)c([N+](=O)[O-])c6)c(Oc6cnc7[nH]ccc7c6)c5)CC4)C3)[C@H](c3ccccc3C(C)C)C2)ccc1C1CC1. The van der Waals surface area contributed by atoms with Gasteiger partial charge in [-0.1, -0.05) is 50.2 Å². The Balaban J connectivity index is 0.776. The maximum atomic E-state index is 14.1. The molecule has 1 amide bonds. The Kier molecular flexibility index (Phi) is 14.6. The van der Waals surface area contributed by atoms with Crippen LogP contribution in [-0.4, -0.2) is 102 Å². The summed E-state index contributed by atoms with van der Waals surface area (Å²) in [5.74, 6) is 1.83. The summed E-state index contributed by atoms with van der Waals surface area (Å²) in [4.78, 5) is 40.7. The first-order valence-corrected chi connectivity index (χ1v) is 29.1. The van der Waals surface area contributed by atoms with Crippen LogP contribution in [0.15, 0.2) is 108 Å². The molecule has 3 aliphatic carbocycles. The lowest BCUT2D eigenvalue weighted by atomic mass is 9.59. The third-order valence-corrected chi connectivity index (χ3v) is 18.8. The number of fused-ring (bicyclic) bond motifs is 1. The van der Waals surface area contributed by atoms with Gasteiger partial charge in [0.15, 0.2) is 0 Å². The monoisotopic (exact) mass is 1060 g/mol. The second-order valence-corrected chi connectivity index (χ2v) is 24.9. The highest BCUT2D eigenvalue weighted by atomic mass is 32.2. The summed E-state index contributed by atoms with van der Waals surface area (Å²) in [5.41, 5.74) is 6.25. The first-order valence-electron chi connectivity index (χ1n) is 27.6. The number of aromatic nitrogens is 2. The molecule has 6 aromatic rings. The van der Waals surface area contributed by atoms with E-state index in [1.54, 1.807) is 37.7 Å². The molecule has 2 saturated heterocycles. The van der Waals surface area contributed by atoms with Crippen LogP contribution < -0.4 is 24.4 Å². The number of hydrogen-bond acceptors (Lipinski definition) is 13. The molecule has 5 aliphatic rings. The highest BCUT2D eigenvalue weighted by Gasteiger charge is 2.50. The Hall–Kier alpha value is -6.53. The van der Waals surface area contributed by atoms with Crippen LogP contribution in [0, 0.1) is 21.4 Å². The van der Waals surface area contributed by atoms with Crippen LogP contribution >= 0.6 is 0 Å². The number of piperazine rings is 1. The molecule has 4 N–H and O–H groups in total. The zero-order valence-electron chi connectivity index (χ0n) is 44.7. The van der Waals surface area contributed by atoms with Crippen molar-refractivity contribution in [1.29, 1.82) is 0 Å². The van der Waals surface area contributed by atoms with Crippen molar-refractivity contribution in [3.05, 3.63) is 141 Å². The molecule has 1 atom stereocenters. The minimum absolute atomic E-state index is 0.0269. The van der Waals surface area contributed by atoms with Crippen LogP contribution in [0.25, 0.3) is 11.0 Å². The lowest BCUT2D eigenvalue weighted by molar-refractivity contribution is -0.384. The maximum absolute atomic E-state index is 14.1. The zero-order chi connectivity index (χ0) is 53.6. The summed E-state index contributed by atoms with van der Waals surface area (Å²) in [5, 5.41) is 26.5. The zero-order valence-corrected chi connectivity index (χ0v) is 45.5. The predicted octanol–water partition coefficient (Wildman–Crippen LogP) is 11.1. The Morgan fingerprint density at radius 1 is 0.909 bits per heavy atom. The normalized spacial score (nSPS) is 22.2. The van der Waals surface area contributed by atoms with Crippen molar-refractivity contribution in [3.63, 3.8) is 0 Å². The van der Waals surface area contributed by atoms with Gasteiger partial charge in [0, 0.05) is 87.3 Å². The third kappa shape index (κ3) is 11.4. The van der Waals surface area contributed by atoms with Crippen molar-refractivity contribution in [2.45, 2.75) is 126 Å². The Labute approximate surface area is 451 Å². The summed E-state index contributed by atoms with van der Waals surface area (Å²) in [7, 11) is -2.80. The number of H-pyrrole nitrogens is 1. The number of aliphatic hydroxyl groups is 1. The second-order valence-electron chi connectivity index (χ2n) is 23.2. The number of nitro benzene ring substituents is 1. The molecule has 0 radical (unpaired) electrons. The Morgan fingerprint density at radius 3 is 2.43 bits per heavy atom. The van der Waals surface area contributed by atoms with E-state index in [0.29, 0.717) is 48.7 Å². The van der Waals surface area contributed by atoms with Crippen molar-refractivity contribution in [1.82, 2.24) is 24.5 Å². The van der Waals surface area contributed by atoms with Gasteiger partial charge in [-0.15, -0.1) is 0 Å². The van der Waals surface area contributed by atoms with Crippen LogP contribution in [-0.2, 0) is 16.6 Å². The predicted molar refractivity (Wildman–Crippen MR) is 299 cm³/mol. The van der Waals surface area contributed by atoms with Gasteiger partial charge in [-0.2, -0.15) is 0 Å². The van der Waals surface area contributed by atoms with Crippen molar-refractivity contribution >= 4 is 44.0 Å². The Bertz CT molecular complexity index is 3260. The van der Waals surface area contributed by atoms with Gasteiger partial charge >= 0.3 is 0 Å². The topological polar surface area (TPSA) is 195 Å². The number of nitro groups is 1. The molecule has 16 nitrogen and oxygen atoms in total. The van der Waals surface area contributed by atoms with E-state index in [1.165, 1.54) is 47.2 Å². The van der Waals surface area contributed by atoms with E-state index >= 15 is 0 Å². The molecule has 2 aromatic heterocycles.